The van der Waals surface area contributed by atoms with E-state index >= 15 is 0 Å². The molecule has 0 saturated carbocycles. The molecule has 0 spiro atoms. The van der Waals surface area contributed by atoms with Gasteiger partial charge in [-0.15, -0.1) is 0 Å². The van der Waals surface area contributed by atoms with Crippen molar-refractivity contribution >= 4 is 5.91 Å². The minimum absolute atomic E-state index is 0.0589. The molecule has 0 atom stereocenters. The first-order chi connectivity index (χ1) is 11.3. The van der Waals surface area contributed by atoms with Gasteiger partial charge in [0.25, 0.3) is 5.91 Å². The summed E-state index contributed by atoms with van der Waals surface area (Å²) in [5, 5.41) is 0. The lowest BCUT2D eigenvalue weighted by molar-refractivity contribution is 0.0622. The molecule has 3 rings (SSSR count). The summed E-state index contributed by atoms with van der Waals surface area (Å²) in [6.45, 7) is 4.55. The minimum Gasteiger partial charge on any atom is -0.448 e. The second kappa shape index (κ2) is 7.39. The minimum atomic E-state index is -0.0589. The van der Waals surface area contributed by atoms with Gasteiger partial charge in [-0.3, -0.25) is 9.69 Å². The standard InChI is InChI=1S/C17H22N4O2/c18-7-6-16-19-15(13-23-16)17(22)21-10-8-20(9-11-21)12-14-4-2-1-3-5-14/h1-5,13H,6-12,18H2. The molecule has 1 amide bonds. The Bertz CT molecular complexity index is 633. The molecular formula is C17H22N4O2. The number of rotatable bonds is 5. The molecule has 2 heterocycles. The zero-order valence-electron chi connectivity index (χ0n) is 13.1. The number of benzene rings is 1. The van der Waals surface area contributed by atoms with E-state index in [4.69, 9.17) is 10.2 Å². The van der Waals surface area contributed by atoms with E-state index in [1.54, 1.807) is 0 Å². The van der Waals surface area contributed by atoms with Crippen molar-refractivity contribution < 1.29 is 9.21 Å². The highest BCUT2D eigenvalue weighted by Crippen LogP contribution is 2.12. The monoisotopic (exact) mass is 314 g/mol. The van der Waals surface area contributed by atoms with Crippen molar-refractivity contribution in [2.45, 2.75) is 13.0 Å². The van der Waals surface area contributed by atoms with Gasteiger partial charge in [-0.2, -0.15) is 0 Å². The van der Waals surface area contributed by atoms with Gasteiger partial charge in [0.1, 0.15) is 6.26 Å². The summed E-state index contributed by atoms with van der Waals surface area (Å²) in [5.41, 5.74) is 7.15. The van der Waals surface area contributed by atoms with Gasteiger partial charge in [0.2, 0.25) is 0 Å². The van der Waals surface area contributed by atoms with Gasteiger partial charge in [0.15, 0.2) is 11.6 Å². The number of carbonyl (C=O) groups excluding carboxylic acids is 1. The van der Waals surface area contributed by atoms with Crippen LogP contribution in [-0.2, 0) is 13.0 Å². The average molecular weight is 314 g/mol. The lowest BCUT2D eigenvalue weighted by Gasteiger charge is -2.34. The van der Waals surface area contributed by atoms with Crippen molar-refractivity contribution in [3.05, 3.63) is 53.7 Å². The number of oxazole rings is 1. The number of piperazine rings is 1. The first-order valence-corrected chi connectivity index (χ1v) is 7.96. The first kappa shape index (κ1) is 15.7. The van der Waals surface area contributed by atoms with Crippen LogP contribution in [0.5, 0.6) is 0 Å². The molecule has 122 valence electrons. The Labute approximate surface area is 135 Å². The SMILES string of the molecule is NCCc1nc(C(=O)N2CCN(Cc3ccccc3)CC2)co1. The third-order valence-electron chi connectivity index (χ3n) is 4.04. The van der Waals surface area contributed by atoms with Crippen molar-refractivity contribution in [1.82, 2.24) is 14.8 Å². The van der Waals surface area contributed by atoms with Crippen LogP contribution in [0.25, 0.3) is 0 Å². The predicted molar refractivity (Wildman–Crippen MR) is 86.9 cm³/mol. The summed E-state index contributed by atoms with van der Waals surface area (Å²) in [6, 6.07) is 10.4. The first-order valence-electron chi connectivity index (χ1n) is 7.96. The molecule has 1 aromatic heterocycles. The fraction of sp³-hybridized carbons (Fsp3) is 0.412. The van der Waals surface area contributed by atoms with E-state index in [1.165, 1.54) is 11.8 Å². The Balaban J connectivity index is 1.52. The topological polar surface area (TPSA) is 75.6 Å². The Morgan fingerprint density at radius 3 is 2.61 bits per heavy atom. The molecule has 0 unspecified atom stereocenters. The second-order valence-electron chi connectivity index (χ2n) is 5.72. The fourth-order valence-electron chi connectivity index (χ4n) is 2.76. The Morgan fingerprint density at radius 2 is 1.91 bits per heavy atom. The van der Waals surface area contributed by atoms with Gasteiger partial charge >= 0.3 is 0 Å². The lowest BCUT2D eigenvalue weighted by Crippen LogP contribution is -2.48. The number of hydrogen-bond acceptors (Lipinski definition) is 5. The van der Waals surface area contributed by atoms with Crippen LogP contribution in [0, 0.1) is 0 Å². The molecule has 6 heteroatoms. The van der Waals surface area contributed by atoms with Crippen LogP contribution in [0.4, 0.5) is 0 Å². The van der Waals surface area contributed by atoms with Gasteiger partial charge in [0, 0.05) is 45.7 Å². The van der Waals surface area contributed by atoms with Crippen LogP contribution in [-0.4, -0.2) is 53.4 Å². The summed E-state index contributed by atoms with van der Waals surface area (Å²) in [7, 11) is 0. The molecule has 1 aliphatic heterocycles. The lowest BCUT2D eigenvalue weighted by atomic mass is 10.2. The van der Waals surface area contributed by atoms with E-state index in [2.05, 4.69) is 34.1 Å². The molecule has 6 nitrogen and oxygen atoms in total. The van der Waals surface area contributed by atoms with Gasteiger partial charge in [-0.05, 0) is 5.56 Å². The van der Waals surface area contributed by atoms with Gasteiger partial charge < -0.3 is 15.1 Å². The second-order valence-corrected chi connectivity index (χ2v) is 5.72. The Morgan fingerprint density at radius 1 is 1.17 bits per heavy atom. The van der Waals surface area contributed by atoms with Crippen LogP contribution in [0.2, 0.25) is 0 Å². The maximum absolute atomic E-state index is 12.4. The molecule has 2 N–H and O–H groups in total. The number of nitrogens with two attached hydrogens (primary N) is 1. The van der Waals surface area contributed by atoms with E-state index in [9.17, 15) is 4.79 Å². The van der Waals surface area contributed by atoms with E-state index in [-0.39, 0.29) is 5.91 Å². The molecule has 1 aromatic carbocycles. The molecule has 0 radical (unpaired) electrons. The van der Waals surface area contributed by atoms with E-state index in [0.29, 0.717) is 37.6 Å². The third kappa shape index (κ3) is 3.97. The van der Waals surface area contributed by atoms with E-state index in [1.807, 2.05) is 11.0 Å². The predicted octanol–water partition coefficient (Wildman–Crippen LogP) is 1.13. The summed E-state index contributed by atoms with van der Waals surface area (Å²) in [5.74, 6) is 0.468. The average Bonchev–Trinajstić information content (AvgIpc) is 3.05. The molecule has 0 bridgehead atoms. The highest BCUT2D eigenvalue weighted by Gasteiger charge is 2.24. The van der Waals surface area contributed by atoms with Crippen molar-refractivity contribution in [3.8, 4) is 0 Å². The van der Waals surface area contributed by atoms with Crippen molar-refractivity contribution in [1.29, 1.82) is 0 Å². The molecule has 23 heavy (non-hydrogen) atoms. The maximum atomic E-state index is 12.4. The quantitative estimate of drug-likeness (QED) is 0.895. The normalized spacial score (nSPS) is 15.8. The van der Waals surface area contributed by atoms with Gasteiger partial charge in [-0.1, -0.05) is 30.3 Å². The number of carbonyl (C=O) groups is 1. The van der Waals surface area contributed by atoms with Crippen LogP contribution >= 0.6 is 0 Å². The van der Waals surface area contributed by atoms with Crippen LogP contribution in [0.1, 0.15) is 21.9 Å². The number of amides is 1. The van der Waals surface area contributed by atoms with Crippen LogP contribution in [0.3, 0.4) is 0 Å². The van der Waals surface area contributed by atoms with E-state index in [0.717, 1.165) is 19.6 Å². The summed E-state index contributed by atoms with van der Waals surface area (Å²) in [6.07, 6.45) is 1.99. The number of aromatic nitrogens is 1. The van der Waals surface area contributed by atoms with Crippen molar-refractivity contribution in [2.75, 3.05) is 32.7 Å². The highest BCUT2D eigenvalue weighted by molar-refractivity contribution is 5.92. The Hall–Kier alpha value is -2.18. The number of nitrogens with zero attached hydrogens (tertiary/aromatic N) is 3. The zero-order chi connectivity index (χ0) is 16.1. The smallest absolute Gasteiger partial charge is 0.275 e. The third-order valence-corrected chi connectivity index (χ3v) is 4.04. The zero-order valence-corrected chi connectivity index (χ0v) is 13.1. The molecule has 1 fully saturated rings. The molecule has 1 aliphatic rings. The molecule has 1 saturated heterocycles. The van der Waals surface area contributed by atoms with Crippen LogP contribution < -0.4 is 5.73 Å². The fourth-order valence-corrected chi connectivity index (χ4v) is 2.76. The summed E-state index contributed by atoms with van der Waals surface area (Å²) in [4.78, 5) is 20.8. The Kier molecular flexibility index (Phi) is 5.05. The van der Waals surface area contributed by atoms with Crippen molar-refractivity contribution in [3.63, 3.8) is 0 Å². The molecular weight excluding hydrogens is 292 g/mol. The van der Waals surface area contributed by atoms with Gasteiger partial charge in [-0.25, -0.2) is 4.98 Å². The van der Waals surface area contributed by atoms with Gasteiger partial charge in [0.05, 0.1) is 0 Å². The highest BCUT2D eigenvalue weighted by atomic mass is 16.3. The summed E-state index contributed by atoms with van der Waals surface area (Å²) >= 11 is 0. The van der Waals surface area contributed by atoms with Crippen LogP contribution in [0.15, 0.2) is 41.0 Å². The van der Waals surface area contributed by atoms with E-state index < -0.39 is 0 Å². The summed E-state index contributed by atoms with van der Waals surface area (Å²) < 4.78 is 5.27. The molecule has 0 aliphatic carbocycles. The maximum Gasteiger partial charge on any atom is 0.275 e. The number of hydrogen-bond donors (Lipinski definition) is 1. The largest absolute Gasteiger partial charge is 0.448 e. The molecule has 2 aromatic rings. The van der Waals surface area contributed by atoms with Crippen molar-refractivity contribution in [2.24, 2.45) is 5.73 Å².